The number of hydrogen-bond acceptors (Lipinski definition) is 7. The molecule has 2 rings (SSSR count). The van der Waals surface area contributed by atoms with Crippen LogP contribution in [-0.4, -0.2) is 42.4 Å². The van der Waals surface area contributed by atoms with Crippen molar-refractivity contribution in [1.29, 1.82) is 0 Å². The van der Waals surface area contributed by atoms with Gasteiger partial charge >= 0.3 is 11.9 Å². The van der Waals surface area contributed by atoms with Crippen molar-refractivity contribution in [3.8, 4) is 0 Å². The van der Waals surface area contributed by atoms with E-state index < -0.39 is 11.9 Å². The molecule has 0 aliphatic carbocycles. The number of thioether (sulfide) groups is 2. The van der Waals surface area contributed by atoms with Gasteiger partial charge in [-0.1, -0.05) is 13.2 Å². The highest BCUT2D eigenvalue weighted by atomic mass is 79.9. The molecule has 0 aliphatic rings. The average molecular weight is 786 g/mol. The lowest BCUT2D eigenvalue weighted by Gasteiger charge is -2.12. The molecule has 0 aromatic heterocycles. The Bertz CT molecular complexity index is 1080. The molecule has 0 unspecified atom stereocenters. The number of carbonyl (C=O) groups is 3. The predicted octanol–water partition coefficient (Wildman–Crippen LogP) is 8.39. The Kier molecular flexibility index (Phi) is 13.0. The zero-order chi connectivity index (χ0) is 27.0. The molecule has 0 saturated heterocycles. The first-order chi connectivity index (χ1) is 16.9. The zero-order valence-electron chi connectivity index (χ0n) is 19.4. The van der Waals surface area contributed by atoms with Crippen LogP contribution in [0.3, 0.4) is 0 Å². The fraction of sp³-hybridized carbons (Fsp3) is 0.240. The molecule has 0 spiro atoms. The maximum atomic E-state index is 13.2. The number of carbonyl (C=O) groups excluding carboxylic acids is 3. The number of esters is 2. The Balaban J connectivity index is 2.08. The van der Waals surface area contributed by atoms with Gasteiger partial charge in [0.15, 0.2) is 5.78 Å². The SMILES string of the molecule is C=C(C)C(=O)OCCSc1c(Br)cc(C(=O)c2cc(Br)c(SCCOC(=O)C(=C)C)c(Br)c2)cc1Br. The average Bonchev–Trinajstić information content (AvgIpc) is 2.80. The molecule has 0 amide bonds. The largest absolute Gasteiger partial charge is 0.461 e. The quantitative estimate of drug-likeness (QED) is 0.0705. The summed E-state index contributed by atoms with van der Waals surface area (Å²) >= 11 is 17.2. The van der Waals surface area contributed by atoms with Gasteiger partial charge in [0.25, 0.3) is 0 Å². The van der Waals surface area contributed by atoms with Crippen LogP contribution in [0.25, 0.3) is 0 Å². The van der Waals surface area contributed by atoms with Crippen molar-refractivity contribution >= 4 is 105 Å². The van der Waals surface area contributed by atoms with Crippen molar-refractivity contribution in [3.05, 3.63) is 77.6 Å². The van der Waals surface area contributed by atoms with Gasteiger partial charge in [-0.2, -0.15) is 0 Å². The third-order valence-electron chi connectivity index (χ3n) is 4.34. The molecule has 192 valence electrons. The summed E-state index contributed by atoms with van der Waals surface area (Å²) in [5, 5.41) is 0. The van der Waals surface area contributed by atoms with Gasteiger partial charge in [0.05, 0.1) is 0 Å². The highest BCUT2D eigenvalue weighted by molar-refractivity contribution is 9.11. The smallest absolute Gasteiger partial charge is 0.333 e. The van der Waals surface area contributed by atoms with Gasteiger partial charge in [-0.05, 0) is 102 Å². The van der Waals surface area contributed by atoms with Crippen LogP contribution in [0, 0.1) is 0 Å². The number of ether oxygens (including phenoxy) is 2. The van der Waals surface area contributed by atoms with Crippen LogP contribution in [0.4, 0.5) is 0 Å². The number of halogens is 4. The van der Waals surface area contributed by atoms with Crippen LogP contribution >= 0.6 is 87.2 Å². The fourth-order valence-corrected chi connectivity index (χ4v) is 7.90. The van der Waals surface area contributed by atoms with Gasteiger partial charge in [0, 0.05) is 61.5 Å². The summed E-state index contributed by atoms with van der Waals surface area (Å²) in [6, 6.07) is 7.09. The van der Waals surface area contributed by atoms with Gasteiger partial charge in [0.2, 0.25) is 0 Å². The van der Waals surface area contributed by atoms with Crippen LogP contribution in [0.1, 0.15) is 29.8 Å². The summed E-state index contributed by atoms with van der Waals surface area (Å²) in [6.45, 7) is 10.8. The molecular weight excluding hydrogens is 764 g/mol. The van der Waals surface area contributed by atoms with E-state index in [9.17, 15) is 14.4 Å². The molecule has 0 atom stereocenters. The molecule has 36 heavy (non-hydrogen) atoms. The van der Waals surface area contributed by atoms with Gasteiger partial charge in [-0.3, -0.25) is 4.79 Å². The number of rotatable bonds is 12. The second kappa shape index (κ2) is 14.9. The summed E-state index contributed by atoms with van der Waals surface area (Å²) in [5.41, 5.74) is 1.74. The van der Waals surface area contributed by atoms with Crippen LogP contribution in [0.15, 0.2) is 76.3 Å². The number of ketones is 1. The molecule has 0 aliphatic heterocycles. The standard InChI is InChI=1S/C25H22Br4O5S2/c1-13(2)24(31)33-5-7-35-22-17(26)9-15(10-18(22)27)21(30)16-11-19(28)23(20(29)12-16)36-8-6-34-25(32)14(3)4/h9-12H,1,3,5-8H2,2,4H3. The monoisotopic (exact) mass is 782 g/mol. The van der Waals surface area contributed by atoms with E-state index in [0.717, 1.165) is 27.7 Å². The molecule has 0 saturated carbocycles. The molecule has 11 heteroatoms. The first-order valence-corrected chi connectivity index (χ1v) is 15.5. The highest BCUT2D eigenvalue weighted by Crippen LogP contribution is 2.38. The lowest BCUT2D eigenvalue weighted by molar-refractivity contribution is -0.139. The summed E-state index contributed by atoms with van der Waals surface area (Å²) in [4.78, 5) is 38.1. The van der Waals surface area contributed by atoms with E-state index in [2.05, 4.69) is 76.9 Å². The van der Waals surface area contributed by atoms with E-state index in [1.54, 1.807) is 38.1 Å². The molecule has 0 N–H and O–H groups in total. The minimum Gasteiger partial charge on any atom is -0.461 e. The summed E-state index contributed by atoms with van der Waals surface area (Å²) in [5.74, 6) is 0.131. The summed E-state index contributed by atoms with van der Waals surface area (Å²) in [7, 11) is 0. The van der Waals surface area contributed by atoms with Gasteiger partial charge in [-0.25, -0.2) is 9.59 Å². The minimum absolute atomic E-state index is 0.142. The molecule has 2 aromatic carbocycles. The van der Waals surface area contributed by atoms with Gasteiger partial charge < -0.3 is 9.47 Å². The zero-order valence-corrected chi connectivity index (χ0v) is 27.4. The summed E-state index contributed by atoms with van der Waals surface area (Å²) < 4.78 is 13.3. The van der Waals surface area contributed by atoms with E-state index in [-0.39, 0.29) is 19.0 Å². The van der Waals surface area contributed by atoms with Crippen LogP contribution in [0.5, 0.6) is 0 Å². The second-order valence-corrected chi connectivity index (χ2v) is 13.0. The highest BCUT2D eigenvalue weighted by Gasteiger charge is 2.18. The summed E-state index contributed by atoms with van der Waals surface area (Å²) in [6.07, 6.45) is 0. The topological polar surface area (TPSA) is 69.7 Å². The Labute approximate surface area is 252 Å². The minimum atomic E-state index is -0.414. The first-order valence-electron chi connectivity index (χ1n) is 10.4. The van der Waals surface area contributed by atoms with Crippen molar-refractivity contribution < 1.29 is 23.9 Å². The predicted molar refractivity (Wildman–Crippen MR) is 160 cm³/mol. The lowest BCUT2D eigenvalue weighted by atomic mass is 10.0. The van der Waals surface area contributed by atoms with Crippen LogP contribution in [0.2, 0.25) is 0 Å². The molecule has 5 nitrogen and oxygen atoms in total. The van der Waals surface area contributed by atoms with E-state index in [4.69, 9.17) is 9.47 Å². The van der Waals surface area contributed by atoms with Gasteiger partial charge in [0.1, 0.15) is 13.2 Å². The van der Waals surface area contributed by atoms with E-state index in [1.165, 1.54) is 23.5 Å². The number of hydrogen-bond donors (Lipinski definition) is 0. The maximum Gasteiger partial charge on any atom is 0.333 e. The third-order valence-corrected chi connectivity index (χ3v) is 10.1. The maximum absolute atomic E-state index is 13.2. The van der Waals surface area contributed by atoms with Crippen molar-refractivity contribution in [2.75, 3.05) is 24.7 Å². The third kappa shape index (κ3) is 9.16. The van der Waals surface area contributed by atoms with Crippen LogP contribution in [-0.2, 0) is 19.1 Å². The molecule has 0 bridgehead atoms. The molecule has 2 aromatic rings. The van der Waals surface area contributed by atoms with E-state index >= 15 is 0 Å². The Morgan fingerprint density at radius 1 is 0.694 bits per heavy atom. The molecule has 0 fully saturated rings. The van der Waals surface area contributed by atoms with Crippen molar-refractivity contribution in [2.24, 2.45) is 0 Å². The molecule has 0 heterocycles. The second-order valence-electron chi connectivity index (χ2n) is 7.40. The Hall–Kier alpha value is -0.850. The van der Waals surface area contributed by atoms with Crippen molar-refractivity contribution in [1.82, 2.24) is 0 Å². The number of benzene rings is 2. The van der Waals surface area contributed by atoms with Crippen LogP contribution < -0.4 is 0 Å². The molecular formula is C25H22Br4O5S2. The van der Waals surface area contributed by atoms with Gasteiger partial charge in [-0.15, -0.1) is 23.5 Å². The molecule has 0 radical (unpaired) electrons. The van der Waals surface area contributed by atoms with E-state index in [1.807, 2.05) is 0 Å². The lowest BCUT2D eigenvalue weighted by Crippen LogP contribution is -2.08. The Morgan fingerprint density at radius 3 is 1.28 bits per heavy atom. The first kappa shape index (κ1) is 31.4. The normalized spacial score (nSPS) is 10.6. The Morgan fingerprint density at radius 2 is 1.00 bits per heavy atom. The van der Waals surface area contributed by atoms with E-state index in [0.29, 0.717) is 33.8 Å². The van der Waals surface area contributed by atoms with Crippen molar-refractivity contribution in [3.63, 3.8) is 0 Å². The van der Waals surface area contributed by atoms with Crippen molar-refractivity contribution in [2.45, 2.75) is 23.6 Å². The fourth-order valence-electron chi connectivity index (χ4n) is 2.63.